The lowest BCUT2D eigenvalue weighted by molar-refractivity contribution is -0.117. The van der Waals surface area contributed by atoms with Crippen LogP contribution in [-0.2, 0) is 11.3 Å². The molecule has 0 radical (unpaired) electrons. The number of hydrogen-bond acceptors (Lipinski definition) is 4. The van der Waals surface area contributed by atoms with Gasteiger partial charge in [-0.3, -0.25) is 14.2 Å². The number of benzene rings is 1. The monoisotopic (exact) mass is 232 g/mol. The fourth-order valence-corrected chi connectivity index (χ4v) is 1.62. The van der Waals surface area contributed by atoms with Crippen molar-refractivity contribution in [1.82, 2.24) is 9.55 Å². The van der Waals surface area contributed by atoms with E-state index in [9.17, 15) is 9.59 Å². The highest BCUT2D eigenvalue weighted by Crippen LogP contribution is 2.15. The largest absolute Gasteiger partial charge is 0.497 e. The maximum Gasteiger partial charge on any atom is 0.261 e. The minimum Gasteiger partial charge on any atom is -0.497 e. The van der Waals surface area contributed by atoms with Crippen LogP contribution < -0.4 is 10.3 Å². The zero-order valence-corrected chi connectivity index (χ0v) is 9.64. The Hall–Kier alpha value is -2.17. The van der Waals surface area contributed by atoms with Crippen LogP contribution in [0.1, 0.15) is 6.92 Å². The number of Topliss-reactive ketones (excluding diaryl/α,β-unsaturated/α-hetero) is 1. The molecule has 0 saturated heterocycles. The van der Waals surface area contributed by atoms with Gasteiger partial charge in [0.1, 0.15) is 11.5 Å². The van der Waals surface area contributed by atoms with Crippen molar-refractivity contribution in [2.24, 2.45) is 0 Å². The number of fused-ring (bicyclic) bond motifs is 1. The van der Waals surface area contributed by atoms with Crippen LogP contribution in [0.2, 0.25) is 0 Å². The van der Waals surface area contributed by atoms with E-state index in [4.69, 9.17) is 4.74 Å². The first-order valence-electron chi connectivity index (χ1n) is 5.14. The zero-order chi connectivity index (χ0) is 12.4. The minimum atomic E-state index is -0.215. The van der Waals surface area contributed by atoms with Crippen LogP contribution in [0.4, 0.5) is 0 Å². The van der Waals surface area contributed by atoms with Gasteiger partial charge in [0.15, 0.2) is 0 Å². The number of methoxy groups -OCH3 is 1. The van der Waals surface area contributed by atoms with E-state index in [1.165, 1.54) is 17.8 Å². The Labute approximate surface area is 97.7 Å². The molecule has 0 saturated carbocycles. The van der Waals surface area contributed by atoms with Crippen molar-refractivity contribution in [3.05, 3.63) is 34.9 Å². The molecule has 5 nitrogen and oxygen atoms in total. The van der Waals surface area contributed by atoms with Crippen molar-refractivity contribution in [2.45, 2.75) is 13.5 Å². The van der Waals surface area contributed by atoms with E-state index < -0.39 is 0 Å². The molecule has 88 valence electrons. The van der Waals surface area contributed by atoms with Gasteiger partial charge in [-0.25, -0.2) is 4.98 Å². The number of hydrogen-bond donors (Lipinski definition) is 0. The zero-order valence-electron chi connectivity index (χ0n) is 9.64. The van der Waals surface area contributed by atoms with Crippen molar-refractivity contribution in [3.8, 4) is 5.75 Å². The summed E-state index contributed by atoms with van der Waals surface area (Å²) in [5.41, 5.74) is 0.349. The normalized spacial score (nSPS) is 10.5. The van der Waals surface area contributed by atoms with Crippen LogP contribution >= 0.6 is 0 Å². The molecule has 5 heteroatoms. The number of aromatic nitrogens is 2. The number of rotatable bonds is 3. The lowest BCUT2D eigenvalue weighted by Gasteiger charge is -2.05. The Morgan fingerprint density at radius 1 is 1.47 bits per heavy atom. The second kappa shape index (κ2) is 4.37. The van der Waals surface area contributed by atoms with Gasteiger partial charge in [-0.1, -0.05) is 0 Å². The predicted molar refractivity (Wildman–Crippen MR) is 63.2 cm³/mol. The lowest BCUT2D eigenvalue weighted by Crippen LogP contribution is -2.23. The standard InChI is InChI=1S/C12H12N2O3/c1-8(15)6-14-7-13-11-5-9(17-2)3-4-10(11)12(14)16/h3-5,7H,6H2,1-2H3. The second-order valence-electron chi connectivity index (χ2n) is 3.76. The smallest absolute Gasteiger partial charge is 0.261 e. The topological polar surface area (TPSA) is 61.2 Å². The molecule has 0 amide bonds. The molecule has 1 aromatic carbocycles. The summed E-state index contributed by atoms with van der Waals surface area (Å²) in [5, 5.41) is 0.481. The molecule has 0 bridgehead atoms. The molecule has 1 heterocycles. The molecular formula is C12H12N2O3. The van der Waals surface area contributed by atoms with Crippen LogP contribution in [0.25, 0.3) is 10.9 Å². The van der Waals surface area contributed by atoms with Crippen molar-refractivity contribution >= 4 is 16.7 Å². The maximum absolute atomic E-state index is 12.0. The fraction of sp³-hybridized carbons (Fsp3) is 0.250. The molecule has 0 fully saturated rings. The highest BCUT2D eigenvalue weighted by molar-refractivity contribution is 5.80. The van der Waals surface area contributed by atoms with Gasteiger partial charge in [-0.2, -0.15) is 0 Å². The van der Waals surface area contributed by atoms with E-state index in [0.717, 1.165) is 0 Å². The highest BCUT2D eigenvalue weighted by atomic mass is 16.5. The molecule has 0 atom stereocenters. The molecule has 2 aromatic rings. The minimum absolute atomic E-state index is 0.0494. The van der Waals surface area contributed by atoms with Crippen molar-refractivity contribution in [1.29, 1.82) is 0 Å². The summed E-state index contributed by atoms with van der Waals surface area (Å²) in [6, 6.07) is 5.04. The van der Waals surface area contributed by atoms with Gasteiger partial charge in [0.2, 0.25) is 0 Å². The molecule has 0 unspecified atom stereocenters. The molecule has 17 heavy (non-hydrogen) atoms. The number of ether oxygens (including phenoxy) is 1. The van der Waals surface area contributed by atoms with Gasteiger partial charge >= 0.3 is 0 Å². The maximum atomic E-state index is 12.0. The van der Waals surface area contributed by atoms with Crippen LogP contribution in [0.5, 0.6) is 5.75 Å². The quantitative estimate of drug-likeness (QED) is 0.791. The summed E-state index contributed by atoms with van der Waals surface area (Å²) >= 11 is 0. The van der Waals surface area contributed by atoms with E-state index in [1.807, 2.05) is 0 Å². The molecular weight excluding hydrogens is 220 g/mol. The first kappa shape index (κ1) is 11.3. The van der Waals surface area contributed by atoms with Gasteiger partial charge < -0.3 is 4.74 Å². The predicted octanol–water partition coefficient (Wildman–Crippen LogP) is 0.994. The van der Waals surface area contributed by atoms with E-state index in [1.54, 1.807) is 25.3 Å². The molecule has 1 aromatic heterocycles. The fourth-order valence-electron chi connectivity index (χ4n) is 1.62. The van der Waals surface area contributed by atoms with E-state index in [2.05, 4.69) is 4.98 Å². The van der Waals surface area contributed by atoms with Gasteiger partial charge in [0.25, 0.3) is 5.56 Å². The summed E-state index contributed by atoms with van der Waals surface area (Å²) in [7, 11) is 1.55. The number of carbonyl (C=O) groups excluding carboxylic acids is 1. The summed E-state index contributed by atoms with van der Waals surface area (Å²) in [6.45, 7) is 1.48. The molecule has 0 aliphatic heterocycles. The van der Waals surface area contributed by atoms with Crippen molar-refractivity contribution in [3.63, 3.8) is 0 Å². The summed E-state index contributed by atoms with van der Waals surface area (Å²) in [4.78, 5) is 27.1. The Morgan fingerprint density at radius 3 is 2.88 bits per heavy atom. The van der Waals surface area contributed by atoms with Crippen molar-refractivity contribution < 1.29 is 9.53 Å². The first-order chi connectivity index (χ1) is 8.11. The number of nitrogens with zero attached hydrogens (tertiary/aromatic N) is 2. The molecule has 0 N–H and O–H groups in total. The Balaban J connectivity index is 2.60. The summed E-state index contributed by atoms with van der Waals surface area (Å²) in [6.07, 6.45) is 1.38. The SMILES string of the molecule is COc1ccc2c(=O)n(CC(C)=O)cnc2c1. The number of ketones is 1. The molecule has 0 aliphatic carbocycles. The van der Waals surface area contributed by atoms with Crippen LogP contribution in [0.15, 0.2) is 29.3 Å². The Kier molecular flexibility index (Phi) is 2.91. The summed E-state index contributed by atoms with van der Waals surface area (Å²) < 4.78 is 6.36. The van der Waals surface area contributed by atoms with Crippen LogP contribution in [0.3, 0.4) is 0 Å². The van der Waals surface area contributed by atoms with Gasteiger partial charge in [0, 0.05) is 6.07 Å². The summed E-state index contributed by atoms with van der Waals surface area (Å²) in [5.74, 6) is 0.565. The Bertz CT molecular complexity index is 631. The third-order valence-corrected chi connectivity index (χ3v) is 2.43. The highest BCUT2D eigenvalue weighted by Gasteiger charge is 2.06. The average molecular weight is 232 g/mol. The second-order valence-corrected chi connectivity index (χ2v) is 3.76. The molecule has 2 rings (SSSR count). The van der Waals surface area contributed by atoms with E-state index >= 15 is 0 Å². The van der Waals surface area contributed by atoms with Gasteiger partial charge in [-0.15, -0.1) is 0 Å². The third kappa shape index (κ3) is 2.18. The van der Waals surface area contributed by atoms with Crippen molar-refractivity contribution in [2.75, 3.05) is 7.11 Å². The van der Waals surface area contributed by atoms with Crippen LogP contribution in [0, 0.1) is 0 Å². The Morgan fingerprint density at radius 2 is 2.24 bits per heavy atom. The third-order valence-electron chi connectivity index (χ3n) is 2.43. The van der Waals surface area contributed by atoms with E-state index in [0.29, 0.717) is 16.7 Å². The number of carbonyl (C=O) groups is 1. The van der Waals surface area contributed by atoms with Crippen LogP contribution in [-0.4, -0.2) is 22.4 Å². The molecule has 0 aliphatic rings. The van der Waals surface area contributed by atoms with E-state index in [-0.39, 0.29) is 17.9 Å². The molecule has 0 spiro atoms. The lowest BCUT2D eigenvalue weighted by atomic mass is 10.2. The first-order valence-corrected chi connectivity index (χ1v) is 5.14. The van der Waals surface area contributed by atoms with Gasteiger partial charge in [-0.05, 0) is 19.1 Å². The van der Waals surface area contributed by atoms with Gasteiger partial charge in [0.05, 0.1) is 30.9 Å². The average Bonchev–Trinajstić information content (AvgIpc) is 2.32.